The summed E-state index contributed by atoms with van der Waals surface area (Å²) in [6, 6.07) is 11.8. The van der Waals surface area contributed by atoms with Gasteiger partial charge in [-0.3, -0.25) is 9.13 Å². The van der Waals surface area contributed by atoms with Crippen molar-refractivity contribution in [1.82, 2.24) is 14.0 Å². The summed E-state index contributed by atoms with van der Waals surface area (Å²) >= 11 is 0. The SMILES string of the molecule is CN(C)c1cc2c(cc1NC(=O)N1Cc3ccccc3C1)n(C)c(=O)n2C. The largest absolute Gasteiger partial charge is 0.376 e. The third kappa shape index (κ3) is 2.75. The minimum Gasteiger partial charge on any atom is -0.376 e. The fourth-order valence-corrected chi connectivity index (χ4v) is 3.68. The fraction of sp³-hybridized carbons (Fsp3) is 0.300. The molecule has 2 aromatic carbocycles. The monoisotopic (exact) mass is 365 g/mol. The molecule has 2 heterocycles. The van der Waals surface area contributed by atoms with E-state index in [1.54, 1.807) is 28.1 Å². The maximum Gasteiger partial charge on any atom is 0.328 e. The lowest BCUT2D eigenvalue weighted by atomic mass is 10.1. The number of anilines is 2. The van der Waals surface area contributed by atoms with Gasteiger partial charge in [-0.05, 0) is 23.3 Å². The molecular weight excluding hydrogens is 342 g/mol. The first-order chi connectivity index (χ1) is 12.9. The Hall–Kier alpha value is -3.22. The van der Waals surface area contributed by atoms with Crippen molar-refractivity contribution in [2.24, 2.45) is 14.1 Å². The molecule has 0 saturated carbocycles. The molecule has 0 fully saturated rings. The number of benzene rings is 2. The van der Waals surface area contributed by atoms with E-state index in [9.17, 15) is 9.59 Å². The molecule has 7 heteroatoms. The third-order valence-electron chi connectivity index (χ3n) is 5.24. The summed E-state index contributed by atoms with van der Waals surface area (Å²) in [5, 5.41) is 3.04. The molecule has 0 radical (unpaired) electrons. The van der Waals surface area contributed by atoms with E-state index in [-0.39, 0.29) is 11.7 Å². The highest BCUT2D eigenvalue weighted by atomic mass is 16.2. The second-order valence-corrected chi connectivity index (χ2v) is 7.21. The van der Waals surface area contributed by atoms with Crippen LogP contribution in [-0.4, -0.2) is 34.2 Å². The summed E-state index contributed by atoms with van der Waals surface area (Å²) in [5.74, 6) is 0. The molecule has 3 aromatic rings. The number of carbonyl (C=O) groups excluding carboxylic acids is 1. The summed E-state index contributed by atoms with van der Waals surface area (Å²) < 4.78 is 3.21. The van der Waals surface area contributed by atoms with Gasteiger partial charge in [-0.1, -0.05) is 24.3 Å². The number of amides is 2. The quantitative estimate of drug-likeness (QED) is 0.759. The van der Waals surface area contributed by atoms with Gasteiger partial charge in [-0.2, -0.15) is 0 Å². The molecule has 1 aliphatic rings. The van der Waals surface area contributed by atoms with Crippen LogP contribution in [0.3, 0.4) is 0 Å². The Labute approximate surface area is 157 Å². The number of nitrogens with one attached hydrogen (secondary N) is 1. The van der Waals surface area contributed by atoms with E-state index < -0.39 is 0 Å². The highest BCUT2D eigenvalue weighted by Gasteiger charge is 2.24. The van der Waals surface area contributed by atoms with Gasteiger partial charge in [0.25, 0.3) is 0 Å². The zero-order chi connectivity index (χ0) is 19.3. The standard InChI is InChI=1S/C20H23N5O2/c1-22(2)16-10-18-17(23(3)20(27)24(18)4)9-15(16)21-19(26)25-11-13-7-5-6-8-14(13)12-25/h5-10H,11-12H2,1-4H3,(H,21,26). The van der Waals surface area contributed by atoms with Crippen LogP contribution in [0.4, 0.5) is 16.2 Å². The predicted octanol–water partition coefficient (Wildman–Crippen LogP) is 2.49. The molecule has 2 amide bonds. The lowest BCUT2D eigenvalue weighted by Crippen LogP contribution is -2.30. The number of nitrogens with zero attached hydrogens (tertiary/aromatic N) is 4. The summed E-state index contributed by atoms with van der Waals surface area (Å²) in [4.78, 5) is 28.9. The van der Waals surface area contributed by atoms with Crippen molar-refractivity contribution >= 4 is 28.4 Å². The molecule has 0 bridgehead atoms. The number of rotatable bonds is 2. The molecule has 0 saturated heterocycles. The number of aryl methyl sites for hydroxylation is 2. The predicted molar refractivity (Wildman–Crippen MR) is 107 cm³/mol. The number of aromatic nitrogens is 2. The van der Waals surface area contributed by atoms with Gasteiger partial charge in [0.15, 0.2) is 0 Å². The zero-order valence-corrected chi connectivity index (χ0v) is 16.0. The van der Waals surface area contributed by atoms with Crippen molar-refractivity contribution < 1.29 is 4.79 Å². The van der Waals surface area contributed by atoms with Crippen molar-refractivity contribution in [2.45, 2.75) is 13.1 Å². The number of fused-ring (bicyclic) bond motifs is 2. The van der Waals surface area contributed by atoms with Crippen LogP contribution < -0.4 is 15.9 Å². The summed E-state index contributed by atoms with van der Waals surface area (Å²) in [6.45, 7) is 1.21. The van der Waals surface area contributed by atoms with Gasteiger partial charge >= 0.3 is 11.7 Å². The molecule has 140 valence electrons. The first-order valence-electron chi connectivity index (χ1n) is 8.86. The number of urea groups is 1. The van der Waals surface area contributed by atoms with E-state index in [1.807, 2.05) is 43.3 Å². The normalized spacial score (nSPS) is 13.1. The van der Waals surface area contributed by atoms with Crippen molar-refractivity contribution in [3.05, 3.63) is 58.0 Å². The van der Waals surface area contributed by atoms with Crippen LogP contribution in [0.25, 0.3) is 11.0 Å². The molecule has 27 heavy (non-hydrogen) atoms. The summed E-state index contributed by atoms with van der Waals surface area (Å²) in [6.07, 6.45) is 0. The zero-order valence-electron chi connectivity index (χ0n) is 16.0. The van der Waals surface area contributed by atoms with Crippen LogP contribution >= 0.6 is 0 Å². The van der Waals surface area contributed by atoms with E-state index in [1.165, 1.54) is 11.1 Å². The van der Waals surface area contributed by atoms with Crippen LogP contribution in [0.2, 0.25) is 0 Å². The first kappa shape index (κ1) is 17.2. The van der Waals surface area contributed by atoms with Crippen molar-refractivity contribution in [3.63, 3.8) is 0 Å². The number of hydrogen-bond donors (Lipinski definition) is 1. The van der Waals surface area contributed by atoms with Crippen molar-refractivity contribution in [2.75, 3.05) is 24.3 Å². The van der Waals surface area contributed by atoms with E-state index in [0.29, 0.717) is 18.8 Å². The second kappa shape index (κ2) is 6.19. The van der Waals surface area contributed by atoms with Crippen molar-refractivity contribution in [1.29, 1.82) is 0 Å². The average molecular weight is 365 g/mol. The highest BCUT2D eigenvalue weighted by molar-refractivity contribution is 5.98. The molecule has 0 aliphatic carbocycles. The van der Waals surface area contributed by atoms with Gasteiger partial charge in [0.1, 0.15) is 0 Å². The Balaban J connectivity index is 1.69. The van der Waals surface area contributed by atoms with Crippen LogP contribution in [-0.2, 0) is 27.2 Å². The molecule has 0 unspecified atom stereocenters. The Kier molecular flexibility index (Phi) is 3.95. The van der Waals surface area contributed by atoms with Crippen molar-refractivity contribution in [3.8, 4) is 0 Å². The fourth-order valence-electron chi connectivity index (χ4n) is 3.68. The Morgan fingerprint density at radius 3 is 2.11 bits per heavy atom. The molecule has 1 aliphatic heterocycles. The maximum absolute atomic E-state index is 12.9. The second-order valence-electron chi connectivity index (χ2n) is 7.21. The van der Waals surface area contributed by atoms with Gasteiger partial charge in [0, 0.05) is 41.3 Å². The third-order valence-corrected chi connectivity index (χ3v) is 5.24. The van der Waals surface area contributed by atoms with Crippen LogP contribution in [0, 0.1) is 0 Å². The summed E-state index contributed by atoms with van der Waals surface area (Å²) in [7, 11) is 7.33. The van der Waals surface area contributed by atoms with Crippen LogP contribution in [0.1, 0.15) is 11.1 Å². The minimum absolute atomic E-state index is 0.0897. The van der Waals surface area contributed by atoms with Gasteiger partial charge in [-0.25, -0.2) is 9.59 Å². The highest BCUT2D eigenvalue weighted by Crippen LogP contribution is 2.31. The van der Waals surface area contributed by atoms with E-state index in [2.05, 4.69) is 17.4 Å². The molecule has 7 nitrogen and oxygen atoms in total. The topological polar surface area (TPSA) is 62.5 Å². The molecule has 1 N–H and O–H groups in total. The van der Waals surface area contributed by atoms with Crippen LogP contribution in [0.5, 0.6) is 0 Å². The average Bonchev–Trinajstić information content (AvgIpc) is 3.17. The van der Waals surface area contributed by atoms with Gasteiger partial charge in [0.2, 0.25) is 0 Å². The molecular formula is C20H23N5O2. The van der Waals surface area contributed by atoms with Gasteiger partial charge in [0.05, 0.1) is 22.4 Å². The van der Waals surface area contributed by atoms with E-state index >= 15 is 0 Å². The lowest BCUT2D eigenvalue weighted by Gasteiger charge is -2.21. The Bertz CT molecular complexity index is 1080. The molecule has 0 atom stereocenters. The first-order valence-corrected chi connectivity index (χ1v) is 8.86. The Morgan fingerprint density at radius 2 is 1.56 bits per heavy atom. The summed E-state index contributed by atoms with van der Waals surface area (Å²) in [5.41, 5.74) is 5.44. The van der Waals surface area contributed by atoms with E-state index in [0.717, 1.165) is 16.7 Å². The maximum atomic E-state index is 12.9. The number of carbonyl (C=O) groups is 1. The number of hydrogen-bond acceptors (Lipinski definition) is 3. The molecule has 1 aromatic heterocycles. The Morgan fingerprint density at radius 1 is 1.00 bits per heavy atom. The smallest absolute Gasteiger partial charge is 0.328 e. The van der Waals surface area contributed by atoms with Gasteiger partial charge < -0.3 is 15.1 Å². The number of imidazole rings is 1. The molecule has 4 rings (SSSR count). The van der Waals surface area contributed by atoms with Gasteiger partial charge in [-0.15, -0.1) is 0 Å². The lowest BCUT2D eigenvalue weighted by molar-refractivity contribution is 0.212. The minimum atomic E-state index is -0.144. The van der Waals surface area contributed by atoms with E-state index in [4.69, 9.17) is 0 Å². The molecule has 0 spiro atoms. The van der Waals surface area contributed by atoms with Crippen LogP contribution in [0.15, 0.2) is 41.2 Å².